The van der Waals surface area contributed by atoms with Crippen LogP contribution >= 0.6 is 0 Å². The maximum Gasteiger partial charge on any atom is 0.338 e. The molecular weight excluding hydrogens is 308 g/mol. The van der Waals surface area contributed by atoms with Gasteiger partial charge in [0.05, 0.1) is 5.56 Å². The standard InChI is InChI=1S/C18H18N2O4/c1-12-4-3-5-14(10-12)18(23)24-11-17(22)20-16-8-6-15(7-9-16)19-13(2)21/h3-10H,11H2,1-2H3,(H,19,21)(H,20,22). The van der Waals surface area contributed by atoms with Crippen LogP contribution in [-0.2, 0) is 14.3 Å². The number of hydrogen-bond acceptors (Lipinski definition) is 4. The number of esters is 1. The van der Waals surface area contributed by atoms with Gasteiger partial charge in [0, 0.05) is 18.3 Å². The smallest absolute Gasteiger partial charge is 0.338 e. The second-order valence-electron chi connectivity index (χ2n) is 5.25. The Hall–Kier alpha value is -3.15. The first-order valence-corrected chi connectivity index (χ1v) is 7.35. The van der Waals surface area contributed by atoms with Crippen molar-refractivity contribution >= 4 is 29.2 Å². The molecule has 0 fully saturated rings. The molecule has 124 valence electrons. The number of ether oxygens (including phenoxy) is 1. The van der Waals surface area contributed by atoms with Gasteiger partial charge in [-0.05, 0) is 43.3 Å². The molecule has 6 nitrogen and oxygen atoms in total. The van der Waals surface area contributed by atoms with Crippen LogP contribution in [0.25, 0.3) is 0 Å². The molecule has 0 heterocycles. The average molecular weight is 326 g/mol. The minimum atomic E-state index is -0.546. The molecule has 2 N–H and O–H groups in total. The van der Waals surface area contributed by atoms with E-state index < -0.39 is 11.9 Å². The van der Waals surface area contributed by atoms with Crippen LogP contribution in [0.4, 0.5) is 11.4 Å². The lowest BCUT2D eigenvalue weighted by atomic mass is 10.1. The summed E-state index contributed by atoms with van der Waals surface area (Å²) >= 11 is 0. The van der Waals surface area contributed by atoms with Gasteiger partial charge < -0.3 is 15.4 Å². The van der Waals surface area contributed by atoms with Gasteiger partial charge in [0.25, 0.3) is 5.91 Å². The van der Waals surface area contributed by atoms with Crippen LogP contribution in [0.1, 0.15) is 22.8 Å². The van der Waals surface area contributed by atoms with Gasteiger partial charge in [0.15, 0.2) is 6.61 Å². The molecule has 6 heteroatoms. The predicted molar refractivity (Wildman–Crippen MR) is 90.8 cm³/mol. The Kier molecular flexibility index (Phi) is 5.68. The van der Waals surface area contributed by atoms with Crippen molar-refractivity contribution in [3.05, 3.63) is 59.7 Å². The zero-order valence-electron chi connectivity index (χ0n) is 13.5. The number of rotatable bonds is 5. The highest BCUT2D eigenvalue weighted by Gasteiger charge is 2.10. The Morgan fingerprint density at radius 2 is 1.58 bits per heavy atom. The molecule has 0 bridgehead atoms. The highest BCUT2D eigenvalue weighted by molar-refractivity contribution is 5.96. The summed E-state index contributed by atoms with van der Waals surface area (Å²) in [5.74, 6) is -1.16. The van der Waals surface area contributed by atoms with E-state index in [1.807, 2.05) is 13.0 Å². The number of amides is 2. The number of hydrogen-bond donors (Lipinski definition) is 2. The van der Waals surface area contributed by atoms with E-state index in [0.717, 1.165) is 5.56 Å². The third kappa shape index (κ3) is 5.24. The molecule has 0 saturated heterocycles. The Morgan fingerprint density at radius 1 is 0.958 bits per heavy atom. The van der Waals surface area contributed by atoms with E-state index in [1.54, 1.807) is 42.5 Å². The first kappa shape index (κ1) is 17.2. The van der Waals surface area contributed by atoms with E-state index in [-0.39, 0.29) is 12.5 Å². The third-order valence-electron chi connectivity index (χ3n) is 3.08. The van der Waals surface area contributed by atoms with Crippen molar-refractivity contribution in [2.45, 2.75) is 13.8 Å². The van der Waals surface area contributed by atoms with Gasteiger partial charge in [-0.15, -0.1) is 0 Å². The summed E-state index contributed by atoms with van der Waals surface area (Å²) in [5, 5.41) is 5.24. The van der Waals surface area contributed by atoms with Crippen LogP contribution in [0.5, 0.6) is 0 Å². The largest absolute Gasteiger partial charge is 0.452 e. The number of aryl methyl sites for hydroxylation is 1. The minimum absolute atomic E-state index is 0.171. The van der Waals surface area contributed by atoms with Crippen LogP contribution < -0.4 is 10.6 Å². The Morgan fingerprint density at radius 3 is 2.17 bits per heavy atom. The molecule has 2 amide bonds. The van der Waals surface area contributed by atoms with Gasteiger partial charge in [0.1, 0.15) is 0 Å². The highest BCUT2D eigenvalue weighted by atomic mass is 16.5. The summed E-state index contributed by atoms with van der Waals surface area (Å²) in [4.78, 5) is 34.6. The summed E-state index contributed by atoms with van der Waals surface area (Å²) in [6.07, 6.45) is 0. The molecule has 2 rings (SSSR count). The molecule has 0 unspecified atom stereocenters. The van der Waals surface area contributed by atoms with Gasteiger partial charge in [-0.1, -0.05) is 17.7 Å². The number of nitrogens with one attached hydrogen (secondary N) is 2. The monoisotopic (exact) mass is 326 g/mol. The Bertz CT molecular complexity index is 754. The highest BCUT2D eigenvalue weighted by Crippen LogP contribution is 2.13. The lowest BCUT2D eigenvalue weighted by molar-refractivity contribution is -0.119. The summed E-state index contributed by atoms with van der Waals surface area (Å²) in [5.41, 5.74) is 2.52. The molecule has 24 heavy (non-hydrogen) atoms. The molecule has 0 radical (unpaired) electrons. The van der Waals surface area contributed by atoms with E-state index in [4.69, 9.17) is 4.74 Å². The second kappa shape index (κ2) is 7.92. The fraction of sp³-hybridized carbons (Fsp3) is 0.167. The average Bonchev–Trinajstić information content (AvgIpc) is 2.54. The fourth-order valence-electron chi connectivity index (χ4n) is 2.02. The second-order valence-corrected chi connectivity index (χ2v) is 5.25. The van der Waals surface area contributed by atoms with Crippen LogP contribution in [0, 0.1) is 6.92 Å². The number of benzene rings is 2. The van der Waals surface area contributed by atoms with E-state index in [2.05, 4.69) is 10.6 Å². The van der Waals surface area contributed by atoms with Crippen LogP contribution in [0.3, 0.4) is 0 Å². The van der Waals surface area contributed by atoms with Gasteiger partial charge >= 0.3 is 5.97 Å². The molecule has 2 aromatic rings. The first-order chi connectivity index (χ1) is 11.4. The zero-order chi connectivity index (χ0) is 17.5. The van der Waals surface area contributed by atoms with Crippen molar-refractivity contribution in [2.24, 2.45) is 0 Å². The molecule has 2 aromatic carbocycles. The molecule has 0 spiro atoms. The first-order valence-electron chi connectivity index (χ1n) is 7.35. The summed E-state index contributed by atoms with van der Waals surface area (Å²) < 4.78 is 4.99. The van der Waals surface area contributed by atoms with Crippen molar-refractivity contribution in [3.8, 4) is 0 Å². The van der Waals surface area contributed by atoms with Gasteiger partial charge in [-0.2, -0.15) is 0 Å². The van der Waals surface area contributed by atoms with E-state index in [0.29, 0.717) is 16.9 Å². The molecule has 0 aliphatic heterocycles. The van der Waals surface area contributed by atoms with Crippen molar-refractivity contribution in [1.29, 1.82) is 0 Å². The quantitative estimate of drug-likeness (QED) is 0.828. The summed E-state index contributed by atoms with van der Waals surface area (Å²) in [6, 6.07) is 13.6. The van der Waals surface area contributed by atoms with Gasteiger partial charge in [0.2, 0.25) is 5.91 Å². The van der Waals surface area contributed by atoms with Crippen molar-refractivity contribution in [1.82, 2.24) is 0 Å². The van der Waals surface area contributed by atoms with E-state index in [1.165, 1.54) is 6.92 Å². The SMILES string of the molecule is CC(=O)Nc1ccc(NC(=O)COC(=O)c2cccc(C)c2)cc1. The van der Waals surface area contributed by atoms with Gasteiger partial charge in [-0.25, -0.2) is 4.79 Å². The van der Waals surface area contributed by atoms with Crippen molar-refractivity contribution in [2.75, 3.05) is 17.2 Å². The van der Waals surface area contributed by atoms with E-state index in [9.17, 15) is 14.4 Å². The number of carbonyl (C=O) groups excluding carboxylic acids is 3. The van der Waals surface area contributed by atoms with Crippen LogP contribution in [-0.4, -0.2) is 24.4 Å². The Labute approximate surface area is 139 Å². The number of anilines is 2. The normalized spacial score (nSPS) is 9.92. The molecule has 0 aliphatic carbocycles. The maximum atomic E-state index is 11.9. The third-order valence-corrected chi connectivity index (χ3v) is 3.08. The van der Waals surface area contributed by atoms with E-state index >= 15 is 0 Å². The molecule has 0 saturated carbocycles. The topological polar surface area (TPSA) is 84.5 Å². The Balaban J connectivity index is 1.84. The zero-order valence-corrected chi connectivity index (χ0v) is 13.5. The lowest BCUT2D eigenvalue weighted by Gasteiger charge is -2.08. The maximum absolute atomic E-state index is 11.9. The lowest BCUT2D eigenvalue weighted by Crippen LogP contribution is -2.21. The van der Waals surface area contributed by atoms with Crippen molar-refractivity contribution < 1.29 is 19.1 Å². The predicted octanol–water partition coefficient (Wildman–Crippen LogP) is 2.75. The molecule has 0 atom stereocenters. The fourth-order valence-corrected chi connectivity index (χ4v) is 2.02. The van der Waals surface area contributed by atoms with Crippen LogP contribution in [0.15, 0.2) is 48.5 Å². The minimum Gasteiger partial charge on any atom is -0.452 e. The molecule has 0 aliphatic rings. The van der Waals surface area contributed by atoms with Gasteiger partial charge in [-0.3, -0.25) is 9.59 Å². The summed E-state index contributed by atoms with van der Waals surface area (Å²) in [7, 11) is 0. The van der Waals surface area contributed by atoms with Crippen molar-refractivity contribution in [3.63, 3.8) is 0 Å². The number of carbonyl (C=O) groups is 3. The summed E-state index contributed by atoms with van der Waals surface area (Å²) in [6.45, 7) is 2.91. The molecule has 0 aromatic heterocycles. The molecular formula is C18H18N2O4. The van der Waals surface area contributed by atoms with Crippen LogP contribution in [0.2, 0.25) is 0 Å².